The number of nitrogens with two attached hydrogens (primary N) is 1. The number of nitrogen functional groups attached to an aromatic ring is 1. The summed E-state index contributed by atoms with van der Waals surface area (Å²) in [7, 11) is 1.02. The number of carbonyl (C=O) groups excluding carboxylic acids is 1. The molecule has 0 spiro atoms. The smallest absolute Gasteiger partial charge is 0.381 e. The van der Waals surface area contributed by atoms with Gasteiger partial charge in [0.1, 0.15) is 22.6 Å². The second kappa shape index (κ2) is 7.52. The Labute approximate surface area is 168 Å². The maximum atomic E-state index is 13.8. The molecule has 0 saturated carbocycles. The van der Waals surface area contributed by atoms with Crippen molar-refractivity contribution in [1.29, 1.82) is 0 Å². The summed E-state index contributed by atoms with van der Waals surface area (Å²) in [6, 6.07) is 3.11. The molecular formula is C17H11F7N6O. The highest BCUT2D eigenvalue weighted by Crippen LogP contribution is 2.39. The molecule has 0 atom stereocenters. The van der Waals surface area contributed by atoms with E-state index in [1.807, 2.05) is 5.32 Å². The van der Waals surface area contributed by atoms with Gasteiger partial charge >= 0.3 is 12.4 Å². The molecule has 0 fully saturated rings. The van der Waals surface area contributed by atoms with Gasteiger partial charge in [0, 0.05) is 18.9 Å². The Hall–Kier alpha value is -3.71. The zero-order valence-corrected chi connectivity index (χ0v) is 15.3. The van der Waals surface area contributed by atoms with Crippen LogP contribution < -0.4 is 11.1 Å². The Balaban J connectivity index is 2.08. The maximum absolute atomic E-state index is 13.8. The lowest BCUT2D eigenvalue weighted by Gasteiger charge is -2.12. The van der Waals surface area contributed by atoms with Crippen molar-refractivity contribution in [1.82, 2.24) is 19.7 Å². The van der Waals surface area contributed by atoms with Crippen LogP contribution in [0.4, 0.5) is 42.2 Å². The molecule has 3 N–H and O–H groups in total. The summed E-state index contributed by atoms with van der Waals surface area (Å²) in [6.45, 7) is 0. The normalized spacial score (nSPS) is 12.1. The number of anilines is 2. The molecule has 0 saturated heterocycles. The van der Waals surface area contributed by atoms with Crippen molar-refractivity contribution in [2.45, 2.75) is 12.4 Å². The third kappa shape index (κ3) is 4.41. The van der Waals surface area contributed by atoms with Crippen LogP contribution >= 0.6 is 0 Å². The molecule has 0 aliphatic heterocycles. The summed E-state index contributed by atoms with van der Waals surface area (Å²) >= 11 is 0. The molecule has 164 valence electrons. The van der Waals surface area contributed by atoms with E-state index in [9.17, 15) is 35.5 Å². The third-order valence-electron chi connectivity index (χ3n) is 3.97. The molecule has 0 bridgehead atoms. The van der Waals surface area contributed by atoms with E-state index in [-0.39, 0.29) is 0 Å². The molecular weight excluding hydrogens is 437 g/mol. The first kappa shape index (κ1) is 22.0. The highest BCUT2D eigenvalue weighted by Gasteiger charge is 2.42. The average molecular weight is 448 g/mol. The van der Waals surface area contributed by atoms with Gasteiger partial charge in [0.15, 0.2) is 11.6 Å². The summed E-state index contributed by atoms with van der Waals surface area (Å²) < 4.78 is 93.6. The van der Waals surface area contributed by atoms with Crippen molar-refractivity contribution >= 4 is 17.4 Å². The first-order chi connectivity index (χ1) is 14.3. The van der Waals surface area contributed by atoms with Gasteiger partial charge in [-0.2, -0.15) is 31.4 Å². The zero-order valence-electron chi connectivity index (χ0n) is 15.3. The summed E-state index contributed by atoms with van der Waals surface area (Å²) in [5, 5.41) is 5.61. The fourth-order valence-electron chi connectivity index (χ4n) is 2.68. The number of hydrogen-bond acceptors (Lipinski definition) is 5. The Morgan fingerprint density at radius 3 is 2.35 bits per heavy atom. The lowest BCUT2D eigenvalue weighted by atomic mass is 10.1. The average Bonchev–Trinajstić information content (AvgIpc) is 3.01. The number of amides is 1. The second-order valence-corrected chi connectivity index (χ2v) is 6.14. The Morgan fingerprint density at radius 2 is 1.77 bits per heavy atom. The topological polar surface area (TPSA) is 98.7 Å². The monoisotopic (exact) mass is 448 g/mol. The number of nitrogens with zero attached hydrogens (tertiary/aromatic N) is 4. The van der Waals surface area contributed by atoms with Gasteiger partial charge in [-0.15, -0.1) is 0 Å². The van der Waals surface area contributed by atoms with Gasteiger partial charge in [-0.25, -0.2) is 9.37 Å². The quantitative estimate of drug-likeness (QED) is 0.593. The third-order valence-corrected chi connectivity index (χ3v) is 3.97. The summed E-state index contributed by atoms with van der Waals surface area (Å²) in [5.41, 5.74) is -0.275. The number of aromatic nitrogens is 4. The predicted octanol–water partition coefficient (Wildman–Crippen LogP) is 3.89. The molecule has 31 heavy (non-hydrogen) atoms. The first-order valence-corrected chi connectivity index (χ1v) is 8.20. The van der Waals surface area contributed by atoms with Crippen LogP contribution in [-0.4, -0.2) is 25.7 Å². The van der Waals surface area contributed by atoms with Gasteiger partial charge in [-0.3, -0.25) is 14.5 Å². The summed E-state index contributed by atoms with van der Waals surface area (Å²) in [4.78, 5) is 19.2. The molecule has 0 aliphatic rings. The van der Waals surface area contributed by atoms with Gasteiger partial charge in [0.2, 0.25) is 0 Å². The highest BCUT2D eigenvalue weighted by molar-refractivity contribution is 6.05. The van der Waals surface area contributed by atoms with Crippen molar-refractivity contribution < 1.29 is 35.5 Å². The minimum absolute atomic E-state index is 0.438. The molecule has 1 amide bonds. The van der Waals surface area contributed by atoms with Gasteiger partial charge in [0.05, 0.1) is 5.69 Å². The van der Waals surface area contributed by atoms with Crippen LogP contribution in [0.3, 0.4) is 0 Å². The van der Waals surface area contributed by atoms with Crippen LogP contribution in [0.2, 0.25) is 0 Å². The van der Waals surface area contributed by atoms with Crippen LogP contribution in [0.1, 0.15) is 21.7 Å². The molecule has 3 heterocycles. The van der Waals surface area contributed by atoms with Crippen LogP contribution in [0, 0.1) is 5.82 Å². The summed E-state index contributed by atoms with van der Waals surface area (Å²) in [5.74, 6) is -3.04. The number of nitrogens with one attached hydrogen (secondary N) is 1. The highest BCUT2D eigenvalue weighted by atomic mass is 19.4. The van der Waals surface area contributed by atoms with E-state index in [1.165, 1.54) is 0 Å². The van der Waals surface area contributed by atoms with Crippen molar-refractivity contribution in [2.24, 2.45) is 7.05 Å². The van der Waals surface area contributed by atoms with Gasteiger partial charge in [-0.05, 0) is 24.3 Å². The Bertz CT molecular complexity index is 1150. The molecule has 3 aromatic rings. The first-order valence-electron chi connectivity index (χ1n) is 8.20. The number of alkyl halides is 6. The van der Waals surface area contributed by atoms with Crippen molar-refractivity contribution in [2.75, 3.05) is 11.1 Å². The Morgan fingerprint density at radius 1 is 1.10 bits per heavy atom. The van der Waals surface area contributed by atoms with Crippen molar-refractivity contribution in [3.05, 3.63) is 53.2 Å². The largest absolute Gasteiger partial charge is 0.433 e. The molecule has 3 aromatic heterocycles. The fraction of sp³-hybridized carbons (Fsp3) is 0.176. The lowest BCUT2D eigenvalue weighted by molar-refractivity contribution is -0.141. The van der Waals surface area contributed by atoms with E-state index in [0.717, 1.165) is 31.4 Å². The molecule has 0 radical (unpaired) electrons. The van der Waals surface area contributed by atoms with Crippen LogP contribution in [-0.2, 0) is 19.4 Å². The minimum Gasteiger partial charge on any atom is -0.381 e. The van der Waals surface area contributed by atoms with E-state index in [2.05, 4.69) is 15.1 Å². The zero-order chi connectivity index (χ0) is 23.1. The number of pyridine rings is 2. The number of aryl methyl sites for hydroxylation is 1. The van der Waals surface area contributed by atoms with Crippen LogP contribution in [0.5, 0.6) is 0 Å². The number of rotatable bonds is 3. The second-order valence-electron chi connectivity index (χ2n) is 6.14. The van der Waals surface area contributed by atoms with Crippen LogP contribution in [0.25, 0.3) is 11.4 Å². The lowest BCUT2D eigenvalue weighted by Crippen LogP contribution is -2.21. The molecule has 3 rings (SSSR count). The fourth-order valence-corrected chi connectivity index (χ4v) is 2.68. The predicted molar refractivity (Wildman–Crippen MR) is 93.0 cm³/mol. The number of carbonyl (C=O) groups is 1. The SMILES string of the molecule is Cn1nc(-c2ccc(F)c(N)n2)c(C(F)(F)F)c1C(=O)Nc1ccnc(C(F)(F)F)c1. The van der Waals surface area contributed by atoms with Gasteiger partial charge < -0.3 is 11.1 Å². The molecule has 14 heteroatoms. The molecule has 7 nitrogen and oxygen atoms in total. The van der Waals surface area contributed by atoms with E-state index >= 15 is 0 Å². The standard InChI is InChI=1S/C17H11F7N6O/c1-30-13(15(31)27-7-4-5-26-10(6-7)16(19,20)21)11(17(22,23)24)12(29-30)9-3-2-8(18)14(25)28-9/h2-6H,1H3,(H2,25,28)(H,26,27,31). The number of halogens is 7. The van der Waals surface area contributed by atoms with E-state index < -0.39 is 63.9 Å². The Kier molecular flexibility index (Phi) is 5.33. The van der Waals surface area contributed by atoms with E-state index in [1.54, 1.807) is 0 Å². The summed E-state index contributed by atoms with van der Waals surface area (Å²) in [6.07, 6.45) is -9.20. The van der Waals surface area contributed by atoms with Gasteiger partial charge in [0.25, 0.3) is 5.91 Å². The molecule has 0 aliphatic carbocycles. The van der Waals surface area contributed by atoms with Crippen molar-refractivity contribution in [3.63, 3.8) is 0 Å². The number of hydrogen-bond donors (Lipinski definition) is 2. The van der Waals surface area contributed by atoms with E-state index in [4.69, 9.17) is 5.73 Å². The van der Waals surface area contributed by atoms with Crippen LogP contribution in [0.15, 0.2) is 30.5 Å². The minimum atomic E-state index is -5.11. The van der Waals surface area contributed by atoms with E-state index in [0.29, 0.717) is 10.7 Å². The maximum Gasteiger partial charge on any atom is 0.433 e. The molecule has 0 aromatic carbocycles. The van der Waals surface area contributed by atoms with Gasteiger partial charge in [-0.1, -0.05) is 0 Å². The molecule has 0 unspecified atom stereocenters. The van der Waals surface area contributed by atoms with Crippen molar-refractivity contribution in [3.8, 4) is 11.4 Å².